The van der Waals surface area contributed by atoms with Gasteiger partial charge in [-0.15, -0.1) is 20.4 Å². The van der Waals surface area contributed by atoms with E-state index < -0.39 is 11.7 Å². The van der Waals surface area contributed by atoms with Crippen LogP contribution in [0.4, 0.5) is 13.2 Å². The molecule has 0 saturated carbocycles. The van der Waals surface area contributed by atoms with Crippen LogP contribution >= 0.6 is 0 Å². The SMILES string of the molecule is Cc1nnc(-c2ccc(C(F)(F)F)c(CN)c2)nn1. The van der Waals surface area contributed by atoms with E-state index in [0.717, 1.165) is 6.07 Å². The average Bonchev–Trinajstić information content (AvgIpc) is 2.38. The Morgan fingerprint density at radius 3 is 2.26 bits per heavy atom. The first-order chi connectivity index (χ1) is 8.91. The Bertz CT molecular complexity index is 580. The van der Waals surface area contributed by atoms with Crippen molar-refractivity contribution in [1.29, 1.82) is 0 Å². The van der Waals surface area contributed by atoms with E-state index in [2.05, 4.69) is 20.4 Å². The molecule has 100 valence electrons. The maximum atomic E-state index is 12.7. The number of rotatable bonds is 2. The summed E-state index contributed by atoms with van der Waals surface area (Å²) in [7, 11) is 0. The Morgan fingerprint density at radius 1 is 1.11 bits per heavy atom. The first kappa shape index (κ1) is 13.3. The fourth-order valence-electron chi connectivity index (χ4n) is 1.57. The molecule has 2 N–H and O–H groups in total. The number of alkyl halides is 3. The van der Waals surface area contributed by atoms with Gasteiger partial charge in [0.25, 0.3) is 0 Å². The standard InChI is InChI=1S/C11H10F3N5/c1-6-16-18-10(19-17-6)7-2-3-9(11(12,13)14)8(4-7)5-15/h2-4H,5,15H2,1H3. The molecule has 0 saturated heterocycles. The van der Waals surface area contributed by atoms with Crippen molar-refractivity contribution in [1.82, 2.24) is 20.4 Å². The lowest BCUT2D eigenvalue weighted by atomic mass is 10.0. The van der Waals surface area contributed by atoms with Gasteiger partial charge in [-0.05, 0) is 24.6 Å². The highest BCUT2D eigenvalue weighted by molar-refractivity contribution is 5.56. The van der Waals surface area contributed by atoms with Gasteiger partial charge < -0.3 is 5.73 Å². The van der Waals surface area contributed by atoms with Crippen molar-refractivity contribution >= 4 is 0 Å². The van der Waals surface area contributed by atoms with Crippen LogP contribution in [0.1, 0.15) is 17.0 Å². The van der Waals surface area contributed by atoms with Gasteiger partial charge in [0.05, 0.1) is 5.56 Å². The third-order valence-corrected chi connectivity index (χ3v) is 2.47. The van der Waals surface area contributed by atoms with Gasteiger partial charge in [0.1, 0.15) is 0 Å². The lowest BCUT2D eigenvalue weighted by Gasteiger charge is -2.12. The molecule has 0 aliphatic carbocycles. The van der Waals surface area contributed by atoms with Crippen molar-refractivity contribution in [2.75, 3.05) is 0 Å². The van der Waals surface area contributed by atoms with Crippen molar-refractivity contribution in [3.63, 3.8) is 0 Å². The van der Waals surface area contributed by atoms with Crippen LogP contribution in [0.25, 0.3) is 11.4 Å². The molecule has 1 heterocycles. The van der Waals surface area contributed by atoms with Crippen LogP contribution in [-0.4, -0.2) is 20.4 Å². The molecule has 0 unspecified atom stereocenters. The quantitative estimate of drug-likeness (QED) is 0.898. The van der Waals surface area contributed by atoms with Crippen molar-refractivity contribution in [2.24, 2.45) is 5.73 Å². The third-order valence-electron chi connectivity index (χ3n) is 2.47. The second-order valence-corrected chi connectivity index (χ2v) is 3.84. The molecule has 0 fully saturated rings. The van der Waals surface area contributed by atoms with Gasteiger partial charge in [-0.3, -0.25) is 0 Å². The van der Waals surface area contributed by atoms with E-state index in [9.17, 15) is 13.2 Å². The molecular weight excluding hydrogens is 259 g/mol. The number of aromatic nitrogens is 4. The molecule has 0 amide bonds. The smallest absolute Gasteiger partial charge is 0.326 e. The number of hydrogen-bond acceptors (Lipinski definition) is 5. The third kappa shape index (κ3) is 2.84. The minimum absolute atomic E-state index is 0.0193. The summed E-state index contributed by atoms with van der Waals surface area (Å²) in [5.41, 5.74) is 4.97. The fraction of sp³-hybridized carbons (Fsp3) is 0.273. The monoisotopic (exact) mass is 269 g/mol. The summed E-state index contributed by atoms with van der Waals surface area (Å²) < 4.78 is 38.1. The molecule has 19 heavy (non-hydrogen) atoms. The Balaban J connectivity index is 2.47. The molecule has 0 spiro atoms. The second kappa shape index (κ2) is 4.88. The molecule has 5 nitrogen and oxygen atoms in total. The Hall–Kier alpha value is -2.09. The summed E-state index contributed by atoms with van der Waals surface area (Å²) in [5, 5.41) is 15.0. The minimum Gasteiger partial charge on any atom is -0.326 e. The Morgan fingerprint density at radius 2 is 1.74 bits per heavy atom. The molecule has 1 aromatic heterocycles. The molecular formula is C11H10F3N5. The molecule has 2 rings (SSSR count). The average molecular weight is 269 g/mol. The number of hydrogen-bond donors (Lipinski definition) is 1. The zero-order valence-corrected chi connectivity index (χ0v) is 9.94. The molecule has 0 radical (unpaired) electrons. The highest BCUT2D eigenvalue weighted by Crippen LogP contribution is 2.33. The summed E-state index contributed by atoms with van der Waals surface area (Å²) in [4.78, 5) is 0. The van der Waals surface area contributed by atoms with Crippen LogP contribution < -0.4 is 5.73 Å². The highest BCUT2D eigenvalue weighted by Gasteiger charge is 2.33. The molecule has 0 bridgehead atoms. The lowest BCUT2D eigenvalue weighted by Crippen LogP contribution is -2.12. The van der Waals surface area contributed by atoms with Gasteiger partial charge in [0.15, 0.2) is 5.82 Å². The summed E-state index contributed by atoms with van der Waals surface area (Å²) in [5.74, 6) is 0.545. The van der Waals surface area contributed by atoms with E-state index in [1.807, 2.05) is 0 Å². The number of nitrogens with zero attached hydrogens (tertiary/aromatic N) is 4. The van der Waals surface area contributed by atoms with Crippen molar-refractivity contribution in [3.8, 4) is 11.4 Å². The molecule has 0 atom stereocenters. The van der Waals surface area contributed by atoms with Crippen LogP contribution in [0.3, 0.4) is 0 Å². The molecule has 2 aromatic rings. The summed E-state index contributed by atoms with van der Waals surface area (Å²) in [6.45, 7) is 1.39. The van der Waals surface area contributed by atoms with Gasteiger partial charge >= 0.3 is 6.18 Å². The van der Waals surface area contributed by atoms with Crippen LogP contribution in [0.15, 0.2) is 18.2 Å². The Labute approximate surface area is 106 Å². The number of nitrogens with two attached hydrogens (primary N) is 1. The molecule has 0 aliphatic heterocycles. The molecule has 0 aliphatic rings. The maximum absolute atomic E-state index is 12.7. The first-order valence-electron chi connectivity index (χ1n) is 5.36. The minimum atomic E-state index is -4.43. The summed E-state index contributed by atoms with van der Waals surface area (Å²) in [6.07, 6.45) is -4.43. The van der Waals surface area contributed by atoms with Crippen molar-refractivity contribution < 1.29 is 13.2 Å². The van der Waals surface area contributed by atoms with Crippen LogP contribution in [-0.2, 0) is 12.7 Å². The lowest BCUT2D eigenvalue weighted by molar-refractivity contribution is -0.138. The molecule has 8 heteroatoms. The van der Waals surface area contributed by atoms with Gasteiger partial charge in [-0.1, -0.05) is 6.07 Å². The van der Waals surface area contributed by atoms with Gasteiger partial charge in [-0.25, -0.2) is 0 Å². The van der Waals surface area contributed by atoms with Crippen molar-refractivity contribution in [3.05, 3.63) is 35.2 Å². The van der Waals surface area contributed by atoms with Crippen molar-refractivity contribution in [2.45, 2.75) is 19.6 Å². The fourth-order valence-corrected chi connectivity index (χ4v) is 1.57. The topological polar surface area (TPSA) is 77.6 Å². The molecule has 1 aromatic carbocycles. The van der Waals surface area contributed by atoms with E-state index >= 15 is 0 Å². The van der Waals surface area contributed by atoms with Crippen LogP contribution in [0.5, 0.6) is 0 Å². The van der Waals surface area contributed by atoms with Gasteiger partial charge in [-0.2, -0.15) is 13.2 Å². The van der Waals surface area contributed by atoms with E-state index in [4.69, 9.17) is 5.73 Å². The number of halogens is 3. The first-order valence-corrected chi connectivity index (χ1v) is 5.36. The van der Waals surface area contributed by atoms with Gasteiger partial charge in [0.2, 0.25) is 5.82 Å². The van der Waals surface area contributed by atoms with E-state index in [1.165, 1.54) is 12.1 Å². The predicted molar refractivity (Wildman–Crippen MR) is 60.7 cm³/mol. The zero-order valence-electron chi connectivity index (χ0n) is 9.94. The zero-order chi connectivity index (χ0) is 14.0. The normalized spacial score (nSPS) is 11.6. The van der Waals surface area contributed by atoms with E-state index in [-0.39, 0.29) is 17.9 Å². The highest BCUT2D eigenvalue weighted by atomic mass is 19.4. The maximum Gasteiger partial charge on any atom is 0.416 e. The summed E-state index contributed by atoms with van der Waals surface area (Å²) in [6, 6.07) is 3.54. The summed E-state index contributed by atoms with van der Waals surface area (Å²) >= 11 is 0. The number of benzene rings is 1. The number of aryl methyl sites for hydroxylation is 1. The van der Waals surface area contributed by atoms with E-state index in [0.29, 0.717) is 11.4 Å². The van der Waals surface area contributed by atoms with Crippen LogP contribution in [0.2, 0.25) is 0 Å². The van der Waals surface area contributed by atoms with Crippen LogP contribution in [0, 0.1) is 6.92 Å². The second-order valence-electron chi connectivity index (χ2n) is 3.84. The Kier molecular flexibility index (Phi) is 3.43. The van der Waals surface area contributed by atoms with Gasteiger partial charge in [0, 0.05) is 12.1 Å². The predicted octanol–water partition coefficient (Wildman–Crippen LogP) is 1.72. The largest absolute Gasteiger partial charge is 0.416 e. The van der Waals surface area contributed by atoms with E-state index in [1.54, 1.807) is 6.92 Å².